The molecule has 0 saturated heterocycles. The molecule has 0 saturated carbocycles. The van der Waals surface area contributed by atoms with E-state index in [1.165, 1.54) is 19.2 Å². The van der Waals surface area contributed by atoms with Crippen LogP contribution in [0.3, 0.4) is 0 Å². The summed E-state index contributed by atoms with van der Waals surface area (Å²) in [5.41, 5.74) is 1.08. The molecule has 2 rings (SSSR count). The largest absolute Gasteiger partial charge is 0.508 e. The Kier molecular flexibility index (Phi) is 2.77. The summed E-state index contributed by atoms with van der Waals surface area (Å²) in [5.74, 6) is 0.221. The molecule has 0 fully saturated rings. The molecule has 1 N–H and O–H groups in total. The van der Waals surface area contributed by atoms with Gasteiger partial charge in [0.15, 0.2) is 0 Å². The number of phenolic OH excluding ortho intramolecular Hbond substituents is 1. The average Bonchev–Trinajstić information content (AvgIpc) is 2.28. The lowest BCUT2D eigenvalue weighted by molar-refractivity contribution is 0.411. The van der Waals surface area contributed by atoms with Gasteiger partial charge in [0.05, 0.1) is 7.11 Å². The van der Waals surface area contributed by atoms with E-state index in [4.69, 9.17) is 4.74 Å². The highest BCUT2D eigenvalue weighted by molar-refractivity contribution is 5.66. The van der Waals surface area contributed by atoms with Crippen LogP contribution in [0, 0.1) is 5.82 Å². The lowest BCUT2D eigenvalue weighted by Crippen LogP contribution is -1.87. The first kappa shape index (κ1) is 10.5. The molecule has 0 bridgehead atoms. The van der Waals surface area contributed by atoms with Crippen molar-refractivity contribution in [3.63, 3.8) is 0 Å². The third-order valence-electron chi connectivity index (χ3n) is 2.33. The first-order valence-corrected chi connectivity index (χ1v) is 4.83. The van der Waals surface area contributed by atoms with Crippen LogP contribution in [-0.2, 0) is 0 Å². The van der Waals surface area contributed by atoms with Crippen LogP contribution in [0.25, 0.3) is 11.1 Å². The van der Waals surface area contributed by atoms with Crippen LogP contribution in [0.2, 0.25) is 0 Å². The van der Waals surface area contributed by atoms with Gasteiger partial charge >= 0.3 is 0 Å². The maximum atomic E-state index is 13.7. The Morgan fingerprint density at radius 3 is 2.56 bits per heavy atom. The summed E-state index contributed by atoms with van der Waals surface area (Å²) < 4.78 is 18.6. The van der Waals surface area contributed by atoms with Gasteiger partial charge in [0, 0.05) is 11.6 Å². The molecule has 0 aliphatic carbocycles. The highest BCUT2D eigenvalue weighted by Gasteiger charge is 2.06. The molecule has 2 aromatic carbocycles. The zero-order valence-corrected chi connectivity index (χ0v) is 8.77. The second-order valence-corrected chi connectivity index (χ2v) is 3.40. The molecule has 2 nitrogen and oxygen atoms in total. The van der Waals surface area contributed by atoms with Crippen molar-refractivity contribution in [3.05, 3.63) is 48.3 Å². The second-order valence-electron chi connectivity index (χ2n) is 3.40. The molecule has 0 aliphatic rings. The summed E-state index contributed by atoms with van der Waals surface area (Å²) in [6, 6.07) is 11.1. The molecule has 2 aromatic rings. The molecule has 0 heterocycles. The smallest absolute Gasteiger partial charge is 0.134 e. The maximum Gasteiger partial charge on any atom is 0.134 e. The third kappa shape index (κ3) is 1.98. The van der Waals surface area contributed by atoms with Crippen molar-refractivity contribution in [3.8, 4) is 22.6 Å². The number of benzene rings is 2. The number of aromatic hydroxyl groups is 1. The monoisotopic (exact) mass is 218 g/mol. The predicted molar refractivity (Wildman–Crippen MR) is 60.1 cm³/mol. The molecule has 0 aromatic heterocycles. The Hall–Kier alpha value is -2.03. The Morgan fingerprint density at radius 2 is 1.94 bits per heavy atom. The quantitative estimate of drug-likeness (QED) is 0.838. The van der Waals surface area contributed by atoms with Crippen molar-refractivity contribution in [2.75, 3.05) is 7.11 Å². The van der Waals surface area contributed by atoms with Crippen molar-refractivity contribution in [1.82, 2.24) is 0 Å². The zero-order chi connectivity index (χ0) is 11.5. The fraction of sp³-hybridized carbons (Fsp3) is 0.0769. The number of phenols is 1. The third-order valence-corrected chi connectivity index (χ3v) is 2.33. The average molecular weight is 218 g/mol. The second kappa shape index (κ2) is 4.23. The number of rotatable bonds is 2. The highest BCUT2D eigenvalue weighted by atomic mass is 19.1. The lowest BCUT2D eigenvalue weighted by atomic mass is 10.0. The topological polar surface area (TPSA) is 29.5 Å². The van der Waals surface area contributed by atoms with Crippen molar-refractivity contribution in [1.29, 1.82) is 0 Å². The van der Waals surface area contributed by atoms with E-state index in [0.717, 1.165) is 0 Å². The van der Waals surface area contributed by atoms with Crippen LogP contribution in [0.15, 0.2) is 42.5 Å². The molecule has 0 amide bonds. The van der Waals surface area contributed by atoms with Crippen LogP contribution in [0.4, 0.5) is 4.39 Å². The van der Waals surface area contributed by atoms with Crippen LogP contribution < -0.4 is 4.74 Å². The predicted octanol–water partition coefficient (Wildman–Crippen LogP) is 3.21. The molecular weight excluding hydrogens is 207 g/mol. The van der Waals surface area contributed by atoms with E-state index >= 15 is 0 Å². The molecule has 82 valence electrons. The van der Waals surface area contributed by atoms with Gasteiger partial charge in [-0.25, -0.2) is 4.39 Å². The van der Waals surface area contributed by atoms with Gasteiger partial charge in [-0.3, -0.25) is 0 Å². The van der Waals surface area contributed by atoms with Crippen LogP contribution in [0.5, 0.6) is 11.5 Å². The van der Waals surface area contributed by atoms with Gasteiger partial charge in [0.1, 0.15) is 17.3 Å². The van der Waals surface area contributed by atoms with Crippen LogP contribution >= 0.6 is 0 Å². The minimum absolute atomic E-state index is 0.118. The van der Waals surface area contributed by atoms with Crippen molar-refractivity contribution >= 4 is 0 Å². The number of hydrogen-bond donors (Lipinski definition) is 1. The van der Waals surface area contributed by atoms with Crippen molar-refractivity contribution in [2.24, 2.45) is 0 Å². The molecular formula is C13H11FO2. The van der Waals surface area contributed by atoms with E-state index in [9.17, 15) is 9.50 Å². The Balaban J connectivity index is 2.48. The van der Waals surface area contributed by atoms with E-state index in [2.05, 4.69) is 0 Å². The zero-order valence-electron chi connectivity index (χ0n) is 8.77. The molecule has 0 radical (unpaired) electrons. The Labute approximate surface area is 92.9 Å². The van der Waals surface area contributed by atoms with E-state index in [-0.39, 0.29) is 11.6 Å². The van der Waals surface area contributed by atoms with Gasteiger partial charge in [-0.2, -0.15) is 0 Å². The summed E-state index contributed by atoms with van der Waals surface area (Å²) >= 11 is 0. The van der Waals surface area contributed by atoms with Crippen LogP contribution in [0.1, 0.15) is 0 Å². The van der Waals surface area contributed by atoms with Crippen LogP contribution in [-0.4, -0.2) is 12.2 Å². The number of halogens is 1. The minimum atomic E-state index is -0.370. The molecule has 0 spiro atoms. The lowest BCUT2D eigenvalue weighted by Gasteiger charge is -2.06. The first-order valence-electron chi connectivity index (χ1n) is 4.83. The Morgan fingerprint density at radius 1 is 1.12 bits per heavy atom. The van der Waals surface area contributed by atoms with Gasteiger partial charge in [-0.15, -0.1) is 0 Å². The summed E-state index contributed by atoms with van der Waals surface area (Å²) in [6.45, 7) is 0. The Bertz CT molecular complexity index is 509. The fourth-order valence-electron chi connectivity index (χ4n) is 1.53. The van der Waals surface area contributed by atoms with E-state index < -0.39 is 0 Å². The van der Waals surface area contributed by atoms with Gasteiger partial charge in [0.25, 0.3) is 0 Å². The highest BCUT2D eigenvalue weighted by Crippen LogP contribution is 2.28. The number of methoxy groups -OCH3 is 1. The number of ether oxygens (including phenoxy) is 1. The van der Waals surface area contributed by atoms with Crippen molar-refractivity contribution in [2.45, 2.75) is 0 Å². The maximum absolute atomic E-state index is 13.7. The summed E-state index contributed by atoms with van der Waals surface area (Å²) in [7, 11) is 1.49. The van der Waals surface area contributed by atoms with Crippen molar-refractivity contribution < 1.29 is 14.2 Å². The normalized spacial score (nSPS) is 10.1. The minimum Gasteiger partial charge on any atom is -0.508 e. The molecule has 3 heteroatoms. The first-order chi connectivity index (χ1) is 7.70. The summed E-state index contributed by atoms with van der Waals surface area (Å²) in [6.07, 6.45) is 0. The standard InChI is InChI=1S/C13H11FO2/c1-16-11-5-6-12(13(14)8-11)9-3-2-4-10(15)7-9/h2-8,15H,1H3. The van der Waals surface area contributed by atoms with Gasteiger partial charge in [-0.1, -0.05) is 12.1 Å². The molecule has 0 unspecified atom stereocenters. The van der Waals surface area contributed by atoms with Gasteiger partial charge in [0.2, 0.25) is 0 Å². The molecule has 16 heavy (non-hydrogen) atoms. The van der Waals surface area contributed by atoms with E-state index in [1.807, 2.05) is 0 Å². The number of hydrogen-bond acceptors (Lipinski definition) is 2. The van der Waals surface area contributed by atoms with Gasteiger partial charge < -0.3 is 9.84 Å². The summed E-state index contributed by atoms with van der Waals surface area (Å²) in [4.78, 5) is 0. The fourth-order valence-corrected chi connectivity index (χ4v) is 1.53. The molecule has 0 aliphatic heterocycles. The SMILES string of the molecule is COc1ccc(-c2cccc(O)c2)c(F)c1. The summed E-state index contributed by atoms with van der Waals surface area (Å²) in [5, 5.41) is 9.32. The molecule has 0 atom stereocenters. The van der Waals surface area contributed by atoms with Gasteiger partial charge in [-0.05, 0) is 29.8 Å². The van der Waals surface area contributed by atoms with E-state index in [0.29, 0.717) is 16.9 Å². The van der Waals surface area contributed by atoms with E-state index in [1.54, 1.807) is 30.3 Å².